The van der Waals surface area contributed by atoms with Crippen LogP contribution in [0, 0.1) is 0 Å². The zero-order valence-corrected chi connectivity index (χ0v) is 9.71. The maximum Gasteiger partial charge on any atom is 0.427 e. The molecule has 1 N–H and O–H groups in total. The van der Waals surface area contributed by atoms with Gasteiger partial charge in [0.15, 0.2) is 0 Å². The number of nitrogens with zero attached hydrogens (tertiary/aromatic N) is 1. The van der Waals surface area contributed by atoms with Crippen LogP contribution < -0.4 is 10.2 Å². The van der Waals surface area contributed by atoms with Crippen LogP contribution in [0.4, 0.5) is 4.79 Å². The Hall–Kier alpha value is -2.30. The van der Waals surface area contributed by atoms with Gasteiger partial charge in [-0.3, -0.25) is 0 Å². The van der Waals surface area contributed by atoms with Gasteiger partial charge in [-0.25, -0.2) is 10.2 Å². The minimum atomic E-state index is -0.598. The van der Waals surface area contributed by atoms with Crippen LogP contribution in [0.2, 0.25) is 0 Å². The van der Waals surface area contributed by atoms with Gasteiger partial charge in [-0.15, -0.1) is 0 Å². The van der Waals surface area contributed by atoms with Crippen molar-refractivity contribution in [3.63, 3.8) is 0 Å². The average molecular weight is 234 g/mol. The molecule has 5 heteroatoms. The van der Waals surface area contributed by atoms with Gasteiger partial charge in [0.1, 0.15) is 5.75 Å². The third-order valence-corrected chi connectivity index (χ3v) is 1.91. The minimum Gasteiger partial charge on any atom is -0.497 e. The van der Waals surface area contributed by atoms with Crippen LogP contribution in [0.25, 0.3) is 6.08 Å². The fourth-order valence-electron chi connectivity index (χ4n) is 1.05. The Morgan fingerprint density at radius 3 is 2.59 bits per heavy atom. The number of nitrogens with one attached hydrogen (secondary N) is 1. The van der Waals surface area contributed by atoms with Crippen LogP contribution in [0.1, 0.15) is 5.56 Å². The summed E-state index contributed by atoms with van der Waals surface area (Å²) in [5.41, 5.74) is 3.18. The van der Waals surface area contributed by atoms with E-state index in [1.165, 1.54) is 13.3 Å². The number of methoxy groups -OCH3 is 2. The molecule has 0 spiro atoms. The molecule has 1 rings (SSSR count). The summed E-state index contributed by atoms with van der Waals surface area (Å²) in [6.45, 7) is 0. The first kappa shape index (κ1) is 12.8. The van der Waals surface area contributed by atoms with Crippen molar-refractivity contribution in [2.75, 3.05) is 14.2 Å². The van der Waals surface area contributed by atoms with Crippen LogP contribution in [0.15, 0.2) is 35.4 Å². The second-order valence-corrected chi connectivity index (χ2v) is 3.01. The van der Waals surface area contributed by atoms with Crippen LogP contribution >= 0.6 is 0 Å². The highest BCUT2D eigenvalue weighted by molar-refractivity contribution is 5.79. The summed E-state index contributed by atoms with van der Waals surface area (Å²) in [6.07, 6.45) is 4.42. The number of benzene rings is 1. The molecule has 1 aromatic carbocycles. The van der Waals surface area contributed by atoms with Gasteiger partial charge in [0.2, 0.25) is 0 Å². The summed E-state index contributed by atoms with van der Waals surface area (Å²) in [5.74, 6) is 0.808. The normalized spacial score (nSPS) is 10.7. The topological polar surface area (TPSA) is 59.9 Å². The number of amides is 1. The summed E-state index contributed by atoms with van der Waals surface area (Å²) >= 11 is 0. The van der Waals surface area contributed by atoms with Crippen molar-refractivity contribution >= 4 is 18.4 Å². The molecule has 0 aliphatic carbocycles. The van der Waals surface area contributed by atoms with E-state index in [9.17, 15) is 4.79 Å². The van der Waals surface area contributed by atoms with E-state index >= 15 is 0 Å². The first-order chi connectivity index (χ1) is 8.26. The van der Waals surface area contributed by atoms with E-state index < -0.39 is 6.09 Å². The van der Waals surface area contributed by atoms with Gasteiger partial charge in [-0.05, 0) is 23.8 Å². The molecule has 1 aromatic rings. The standard InChI is InChI=1S/C12H14N2O3/c1-16-11-7-5-10(6-8-11)4-3-9-13-14-12(15)17-2/h3-9H,1-2H3,(H,14,15)/b4-3+,13-9+. The molecule has 0 aliphatic rings. The molecule has 0 bridgehead atoms. The van der Waals surface area contributed by atoms with E-state index in [1.807, 2.05) is 30.3 Å². The zero-order valence-electron chi connectivity index (χ0n) is 9.71. The molecule has 0 saturated heterocycles. The fraction of sp³-hybridized carbons (Fsp3) is 0.167. The Balaban J connectivity index is 2.44. The lowest BCUT2D eigenvalue weighted by molar-refractivity contribution is 0.171. The largest absolute Gasteiger partial charge is 0.497 e. The summed E-state index contributed by atoms with van der Waals surface area (Å²) in [4.78, 5) is 10.6. The minimum absolute atomic E-state index is 0.598. The second-order valence-electron chi connectivity index (χ2n) is 3.01. The number of hydrogen-bond acceptors (Lipinski definition) is 4. The first-order valence-electron chi connectivity index (χ1n) is 4.94. The quantitative estimate of drug-likeness (QED) is 0.640. The maximum absolute atomic E-state index is 10.6. The fourth-order valence-corrected chi connectivity index (χ4v) is 1.05. The van der Waals surface area contributed by atoms with E-state index in [4.69, 9.17) is 4.74 Å². The Bertz CT molecular complexity index is 410. The average Bonchev–Trinajstić information content (AvgIpc) is 2.38. The molecule has 90 valence electrons. The first-order valence-corrected chi connectivity index (χ1v) is 4.94. The number of hydrogen-bond donors (Lipinski definition) is 1. The number of carbonyl (C=O) groups is 1. The summed E-state index contributed by atoms with van der Waals surface area (Å²) in [6, 6.07) is 7.56. The predicted octanol–water partition coefficient (Wildman–Crippen LogP) is 2.05. The molecule has 0 unspecified atom stereocenters. The van der Waals surface area contributed by atoms with Crippen molar-refractivity contribution in [2.24, 2.45) is 5.10 Å². The number of allylic oxidation sites excluding steroid dienone is 1. The number of hydrazone groups is 1. The van der Waals surface area contributed by atoms with Gasteiger partial charge in [0.25, 0.3) is 0 Å². The Labute approximate surface area is 99.7 Å². The van der Waals surface area contributed by atoms with Crippen molar-refractivity contribution in [1.82, 2.24) is 5.43 Å². The monoisotopic (exact) mass is 234 g/mol. The Morgan fingerprint density at radius 2 is 2.00 bits per heavy atom. The highest BCUT2D eigenvalue weighted by Crippen LogP contribution is 2.11. The van der Waals surface area contributed by atoms with Crippen molar-refractivity contribution < 1.29 is 14.3 Å². The van der Waals surface area contributed by atoms with Gasteiger partial charge in [0.05, 0.1) is 14.2 Å². The van der Waals surface area contributed by atoms with Crippen LogP contribution in [0.5, 0.6) is 5.75 Å². The van der Waals surface area contributed by atoms with Crippen molar-refractivity contribution in [3.8, 4) is 5.75 Å². The number of rotatable bonds is 4. The lowest BCUT2D eigenvalue weighted by atomic mass is 10.2. The molecular formula is C12H14N2O3. The van der Waals surface area contributed by atoms with Crippen LogP contribution in [-0.4, -0.2) is 26.5 Å². The van der Waals surface area contributed by atoms with Crippen molar-refractivity contribution in [3.05, 3.63) is 35.9 Å². The molecule has 0 atom stereocenters. The SMILES string of the molecule is COC(=O)N/N=C/C=C/c1ccc(OC)cc1. The number of ether oxygens (including phenoxy) is 2. The lowest BCUT2D eigenvalue weighted by Crippen LogP contribution is -2.16. The molecule has 1 amide bonds. The molecule has 0 heterocycles. The van der Waals surface area contributed by atoms with Gasteiger partial charge < -0.3 is 9.47 Å². The molecule has 0 aliphatic heterocycles. The molecule has 0 saturated carbocycles. The maximum atomic E-state index is 10.6. The molecule has 0 radical (unpaired) electrons. The molecule has 0 aromatic heterocycles. The molecule has 5 nitrogen and oxygen atoms in total. The Morgan fingerprint density at radius 1 is 1.29 bits per heavy atom. The van der Waals surface area contributed by atoms with Gasteiger partial charge in [0, 0.05) is 6.21 Å². The van der Waals surface area contributed by atoms with Gasteiger partial charge >= 0.3 is 6.09 Å². The molecular weight excluding hydrogens is 220 g/mol. The Kier molecular flexibility index (Phi) is 5.30. The summed E-state index contributed by atoms with van der Waals surface area (Å²) in [7, 11) is 2.90. The molecule has 17 heavy (non-hydrogen) atoms. The van der Waals surface area contributed by atoms with Gasteiger partial charge in [-0.2, -0.15) is 5.10 Å². The summed E-state index contributed by atoms with van der Waals surface area (Å²) < 4.78 is 9.38. The zero-order chi connectivity index (χ0) is 12.5. The number of carbonyl (C=O) groups excluding carboxylic acids is 1. The predicted molar refractivity (Wildman–Crippen MR) is 66.1 cm³/mol. The highest BCUT2D eigenvalue weighted by Gasteiger charge is 1.91. The van der Waals surface area contributed by atoms with Crippen molar-refractivity contribution in [1.29, 1.82) is 0 Å². The van der Waals surface area contributed by atoms with E-state index in [0.717, 1.165) is 11.3 Å². The van der Waals surface area contributed by atoms with Gasteiger partial charge in [-0.1, -0.05) is 18.2 Å². The van der Waals surface area contributed by atoms with Crippen molar-refractivity contribution in [2.45, 2.75) is 0 Å². The molecule has 0 fully saturated rings. The van der Waals surface area contributed by atoms with E-state index in [-0.39, 0.29) is 0 Å². The third kappa shape index (κ3) is 4.83. The lowest BCUT2D eigenvalue weighted by Gasteiger charge is -1.98. The van der Waals surface area contributed by atoms with Crippen LogP contribution in [0.3, 0.4) is 0 Å². The smallest absolute Gasteiger partial charge is 0.427 e. The van der Waals surface area contributed by atoms with E-state index in [2.05, 4.69) is 15.3 Å². The van der Waals surface area contributed by atoms with E-state index in [0.29, 0.717) is 0 Å². The third-order valence-electron chi connectivity index (χ3n) is 1.91. The van der Waals surface area contributed by atoms with E-state index in [1.54, 1.807) is 13.2 Å². The highest BCUT2D eigenvalue weighted by atomic mass is 16.5. The summed E-state index contributed by atoms with van der Waals surface area (Å²) in [5, 5.41) is 3.63. The second kappa shape index (κ2) is 7.05. The van der Waals surface area contributed by atoms with Crippen LogP contribution in [-0.2, 0) is 4.74 Å².